The number of aromatic nitrogens is 2. The maximum Gasteiger partial charge on any atom is 0.315 e. The van der Waals surface area contributed by atoms with Crippen molar-refractivity contribution in [2.24, 2.45) is 0 Å². The number of rotatable bonds is 5. The molecule has 0 saturated heterocycles. The van der Waals surface area contributed by atoms with Crippen molar-refractivity contribution in [2.45, 2.75) is 12.7 Å². The van der Waals surface area contributed by atoms with Gasteiger partial charge in [0.15, 0.2) is 0 Å². The van der Waals surface area contributed by atoms with Gasteiger partial charge in [-0.25, -0.2) is 9.97 Å². The van der Waals surface area contributed by atoms with E-state index in [2.05, 4.69) is 9.97 Å². The van der Waals surface area contributed by atoms with Gasteiger partial charge in [-0.05, 0) is 18.4 Å². The molecular formula is C11H11ClN2O2S2. The predicted octanol–water partition coefficient (Wildman–Crippen LogP) is 3.14. The SMILES string of the molecule is CCOC(=O)CSCc1nc(Cl)c2ccsc2n1. The molecule has 0 aliphatic carbocycles. The topological polar surface area (TPSA) is 52.1 Å². The molecule has 0 amide bonds. The summed E-state index contributed by atoms with van der Waals surface area (Å²) in [6.45, 7) is 2.19. The van der Waals surface area contributed by atoms with Gasteiger partial charge in [0.05, 0.1) is 18.1 Å². The van der Waals surface area contributed by atoms with Crippen LogP contribution < -0.4 is 0 Å². The van der Waals surface area contributed by atoms with Gasteiger partial charge in [-0.1, -0.05) is 11.6 Å². The minimum Gasteiger partial charge on any atom is -0.465 e. The fraction of sp³-hybridized carbons (Fsp3) is 0.364. The van der Waals surface area contributed by atoms with E-state index in [-0.39, 0.29) is 5.97 Å². The molecule has 2 heterocycles. The summed E-state index contributed by atoms with van der Waals surface area (Å²) in [5.41, 5.74) is 0. The Labute approximate surface area is 118 Å². The van der Waals surface area contributed by atoms with Crippen molar-refractivity contribution in [3.05, 3.63) is 22.4 Å². The van der Waals surface area contributed by atoms with Gasteiger partial charge >= 0.3 is 5.97 Å². The van der Waals surface area contributed by atoms with Crippen molar-refractivity contribution in [3.63, 3.8) is 0 Å². The number of fused-ring (bicyclic) bond motifs is 1. The highest BCUT2D eigenvalue weighted by Crippen LogP contribution is 2.25. The summed E-state index contributed by atoms with van der Waals surface area (Å²) in [5, 5.41) is 3.27. The molecule has 0 aliphatic rings. The molecule has 2 aromatic rings. The minimum atomic E-state index is -0.217. The largest absolute Gasteiger partial charge is 0.465 e. The van der Waals surface area contributed by atoms with Crippen molar-refractivity contribution in [3.8, 4) is 0 Å². The number of esters is 1. The molecule has 0 unspecified atom stereocenters. The smallest absolute Gasteiger partial charge is 0.315 e. The Bertz CT molecular complexity index is 559. The Kier molecular flexibility index (Phi) is 4.79. The van der Waals surface area contributed by atoms with E-state index in [1.165, 1.54) is 23.1 Å². The molecule has 0 saturated carbocycles. The highest BCUT2D eigenvalue weighted by atomic mass is 35.5. The normalized spacial score (nSPS) is 10.8. The molecule has 7 heteroatoms. The average molecular weight is 303 g/mol. The van der Waals surface area contributed by atoms with Crippen LogP contribution in [0.2, 0.25) is 5.15 Å². The van der Waals surface area contributed by atoms with E-state index >= 15 is 0 Å². The second-order valence-corrected chi connectivity index (χ2v) is 5.61. The van der Waals surface area contributed by atoms with Crippen molar-refractivity contribution in [1.82, 2.24) is 9.97 Å². The molecule has 4 nitrogen and oxygen atoms in total. The van der Waals surface area contributed by atoms with Gasteiger partial charge in [-0.2, -0.15) is 0 Å². The second-order valence-electron chi connectivity index (χ2n) is 3.37. The van der Waals surface area contributed by atoms with E-state index in [9.17, 15) is 4.79 Å². The highest BCUT2D eigenvalue weighted by Gasteiger charge is 2.08. The Morgan fingerprint density at radius 2 is 2.39 bits per heavy atom. The van der Waals surface area contributed by atoms with Crippen LogP contribution in [0.25, 0.3) is 10.2 Å². The summed E-state index contributed by atoms with van der Waals surface area (Å²) < 4.78 is 4.84. The molecule has 0 N–H and O–H groups in total. The van der Waals surface area contributed by atoms with Crippen LogP contribution in [0.5, 0.6) is 0 Å². The van der Waals surface area contributed by atoms with E-state index in [1.807, 2.05) is 11.4 Å². The average Bonchev–Trinajstić information content (AvgIpc) is 2.78. The zero-order chi connectivity index (χ0) is 13.0. The number of carbonyl (C=O) groups excluding carboxylic acids is 1. The van der Waals surface area contributed by atoms with E-state index in [0.717, 1.165) is 10.2 Å². The standard InChI is InChI=1S/C11H11ClN2O2S2/c1-2-16-9(15)6-17-5-8-13-10(12)7-3-4-18-11(7)14-8/h3-4H,2,5-6H2,1H3. The summed E-state index contributed by atoms with van der Waals surface area (Å²) in [5.74, 6) is 1.28. The van der Waals surface area contributed by atoms with Gasteiger partial charge in [0.25, 0.3) is 0 Å². The van der Waals surface area contributed by atoms with Crippen LogP contribution in [0.15, 0.2) is 11.4 Å². The van der Waals surface area contributed by atoms with Crippen molar-refractivity contribution in [1.29, 1.82) is 0 Å². The lowest BCUT2D eigenvalue weighted by molar-refractivity contribution is -0.139. The van der Waals surface area contributed by atoms with E-state index in [4.69, 9.17) is 16.3 Å². The van der Waals surface area contributed by atoms with Crippen LogP contribution in [-0.4, -0.2) is 28.3 Å². The first-order valence-corrected chi connectivity index (χ1v) is 7.75. The van der Waals surface area contributed by atoms with E-state index in [1.54, 1.807) is 6.92 Å². The van der Waals surface area contributed by atoms with Gasteiger partial charge < -0.3 is 4.74 Å². The first-order valence-electron chi connectivity index (χ1n) is 5.33. The lowest BCUT2D eigenvalue weighted by Gasteiger charge is -2.02. The Morgan fingerprint density at radius 1 is 1.56 bits per heavy atom. The first-order chi connectivity index (χ1) is 8.70. The second kappa shape index (κ2) is 6.36. The number of hydrogen-bond acceptors (Lipinski definition) is 6. The number of hydrogen-bond donors (Lipinski definition) is 0. The first kappa shape index (κ1) is 13.6. The van der Waals surface area contributed by atoms with Crippen LogP contribution in [0.4, 0.5) is 0 Å². The third kappa shape index (κ3) is 3.34. The zero-order valence-electron chi connectivity index (χ0n) is 9.68. The summed E-state index contributed by atoms with van der Waals surface area (Å²) in [7, 11) is 0. The third-order valence-corrected chi connectivity index (χ3v) is 4.08. The summed E-state index contributed by atoms with van der Waals surface area (Å²) >= 11 is 9.00. The zero-order valence-corrected chi connectivity index (χ0v) is 12.1. The highest BCUT2D eigenvalue weighted by molar-refractivity contribution is 7.99. The Morgan fingerprint density at radius 3 is 3.17 bits per heavy atom. The van der Waals surface area contributed by atoms with Gasteiger partial charge in [0, 0.05) is 5.39 Å². The third-order valence-electron chi connectivity index (χ3n) is 2.08. The molecule has 0 aliphatic heterocycles. The molecule has 96 valence electrons. The number of thioether (sulfide) groups is 1. The van der Waals surface area contributed by atoms with Gasteiger partial charge in [0.2, 0.25) is 0 Å². The van der Waals surface area contributed by atoms with Gasteiger partial charge in [-0.15, -0.1) is 23.1 Å². The van der Waals surface area contributed by atoms with Crippen LogP contribution in [0, 0.1) is 0 Å². The van der Waals surface area contributed by atoms with Crippen molar-refractivity contribution in [2.75, 3.05) is 12.4 Å². The molecule has 0 bridgehead atoms. The molecule has 0 atom stereocenters. The number of thiophene rings is 1. The molecule has 0 radical (unpaired) electrons. The molecule has 0 fully saturated rings. The maximum atomic E-state index is 11.2. The van der Waals surface area contributed by atoms with Crippen LogP contribution in [0.1, 0.15) is 12.7 Å². The lowest BCUT2D eigenvalue weighted by Crippen LogP contribution is -2.07. The molecule has 18 heavy (non-hydrogen) atoms. The molecule has 0 aromatic carbocycles. The fourth-order valence-corrected chi connectivity index (χ4v) is 3.11. The predicted molar refractivity (Wildman–Crippen MR) is 75.2 cm³/mol. The number of nitrogens with zero attached hydrogens (tertiary/aromatic N) is 2. The quantitative estimate of drug-likeness (QED) is 0.627. The summed E-state index contributed by atoms with van der Waals surface area (Å²) in [4.78, 5) is 20.6. The number of ether oxygens (including phenoxy) is 1. The maximum absolute atomic E-state index is 11.2. The summed E-state index contributed by atoms with van der Waals surface area (Å²) in [6, 6.07) is 1.90. The van der Waals surface area contributed by atoms with Crippen LogP contribution in [-0.2, 0) is 15.3 Å². The number of carbonyl (C=O) groups is 1. The van der Waals surface area contributed by atoms with Crippen LogP contribution >= 0.6 is 34.7 Å². The molecule has 2 rings (SSSR count). The van der Waals surface area contributed by atoms with Gasteiger partial charge in [-0.3, -0.25) is 4.79 Å². The number of halogens is 1. The lowest BCUT2D eigenvalue weighted by atomic mass is 10.4. The van der Waals surface area contributed by atoms with E-state index < -0.39 is 0 Å². The fourth-order valence-electron chi connectivity index (χ4n) is 1.35. The molecular weight excluding hydrogens is 292 g/mol. The Hall–Kier alpha value is -0.850. The minimum absolute atomic E-state index is 0.217. The van der Waals surface area contributed by atoms with Crippen molar-refractivity contribution < 1.29 is 9.53 Å². The van der Waals surface area contributed by atoms with Gasteiger partial charge in [0.1, 0.15) is 15.8 Å². The monoisotopic (exact) mass is 302 g/mol. The Balaban J connectivity index is 1.97. The summed E-state index contributed by atoms with van der Waals surface area (Å²) in [6.07, 6.45) is 0. The van der Waals surface area contributed by atoms with E-state index in [0.29, 0.717) is 29.1 Å². The molecule has 2 aromatic heterocycles. The van der Waals surface area contributed by atoms with Crippen molar-refractivity contribution >= 4 is 50.9 Å². The molecule has 0 spiro atoms. The van der Waals surface area contributed by atoms with Crippen LogP contribution in [0.3, 0.4) is 0 Å².